The largest absolute Gasteiger partial charge is 0.325 e. The summed E-state index contributed by atoms with van der Waals surface area (Å²) in [5, 5.41) is 13.6. The van der Waals surface area contributed by atoms with Crippen LogP contribution in [0.25, 0.3) is 0 Å². The molecule has 3 heterocycles. The summed E-state index contributed by atoms with van der Waals surface area (Å²) < 4.78 is 1.38. The van der Waals surface area contributed by atoms with E-state index in [1.807, 2.05) is 43.3 Å². The summed E-state index contributed by atoms with van der Waals surface area (Å²) in [7, 11) is 0. The van der Waals surface area contributed by atoms with Gasteiger partial charge in [-0.1, -0.05) is 85.8 Å². The maximum atomic E-state index is 14.1. The third kappa shape index (κ3) is 5.59. The van der Waals surface area contributed by atoms with Gasteiger partial charge < -0.3 is 5.32 Å². The average molecular weight is 643 g/mol. The first-order valence-electron chi connectivity index (χ1n) is 14.3. The Morgan fingerprint density at radius 3 is 2.18 bits per heavy atom. The number of nitro benzene ring substituents is 1. The third-order valence-corrected chi connectivity index (χ3v) is 10.7. The van der Waals surface area contributed by atoms with Crippen molar-refractivity contribution in [3.8, 4) is 0 Å². The predicted molar refractivity (Wildman–Crippen MR) is 174 cm³/mol. The molecule has 0 radical (unpaired) electrons. The Morgan fingerprint density at radius 1 is 0.933 bits per heavy atom. The van der Waals surface area contributed by atoms with Crippen LogP contribution in [0, 0.1) is 23.0 Å². The number of nitro groups is 1. The minimum atomic E-state index is -0.868. The molecule has 0 bridgehead atoms. The molecule has 10 nitrogen and oxygen atoms in total. The molecule has 3 atom stereocenters. The Bertz CT molecular complexity index is 1890. The van der Waals surface area contributed by atoms with Gasteiger partial charge in [0.05, 0.1) is 21.6 Å². The van der Waals surface area contributed by atoms with Crippen molar-refractivity contribution in [2.75, 3.05) is 10.2 Å². The summed E-state index contributed by atoms with van der Waals surface area (Å²) in [4.78, 5) is 66.6. The zero-order chi connectivity index (χ0) is 32.2. The van der Waals surface area contributed by atoms with Crippen LogP contribution in [-0.2, 0) is 26.3 Å². The van der Waals surface area contributed by atoms with Crippen LogP contribution in [0.15, 0.2) is 82.6 Å². The molecule has 2 unspecified atom stereocenters. The van der Waals surface area contributed by atoms with Gasteiger partial charge in [0.1, 0.15) is 11.8 Å². The lowest BCUT2D eigenvalue weighted by molar-refractivity contribution is -0.384. The highest BCUT2D eigenvalue weighted by Gasteiger charge is 2.56. The van der Waals surface area contributed by atoms with Gasteiger partial charge in [0, 0.05) is 28.6 Å². The van der Waals surface area contributed by atoms with Crippen LogP contribution in [0.4, 0.5) is 17.1 Å². The highest BCUT2D eigenvalue weighted by molar-refractivity contribution is 8.00. The molecule has 6 rings (SSSR count). The van der Waals surface area contributed by atoms with Crippen molar-refractivity contribution in [3.63, 3.8) is 0 Å². The molecule has 4 aromatic rings. The second kappa shape index (κ2) is 11.4. The highest BCUT2D eigenvalue weighted by Crippen LogP contribution is 2.54. The topological polar surface area (TPSA) is 132 Å². The number of thiazole rings is 1. The number of benzene rings is 3. The summed E-state index contributed by atoms with van der Waals surface area (Å²) >= 11 is 2.11. The maximum absolute atomic E-state index is 14.1. The van der Waals surface area contributed by atoms with E-state index in [0.29, 0.717) is 15.6 Å². The Kier molecular flexibility index (Phi) is 7.74. The number of aryl methyl sites for hydroxylation is 1. The molecule has 230 valence electrons. The summed E-state index contributed by atoms with van der Waals surface area (Å²) in [6.07, 6.45) is 0. The Morgan fingerprint density at radius 2 is 1.58 bits per heavy atom. The molecule has 12 heteroatoms. The van der Waals surface area contributed by atoms with Crippen molar-refractivity contribution in [1.82, 2.24) is 4.57 Å². The van der Waals surface area contributed by atoms with Crippen LogP contribution in [0.5, 0.6) is 0 Å². The van der Waals surface area contributed by atoms with Crippen molar-refractivity contribution in [3.05, 3.63) is 114 Å². The number of carbonyl (C=O) groups excluding carboxylic acids is 3. The van der Waals surface area contributed by atoms with Gasteiger partial charge in [-0.25, -0.2) is 4.90 Å². The molecule has 1 saturated heterocycles. The Hall–Kier alpha value is -4.55. The monoisotopic (exact) mass is 642 g/mol. The standard InChI is InChI=1S/C33H30N4O6S2/c1-18-5-11-21(12-6-18)34-24(38)17-35-31-28(45-32(35)41)25(19-7-9-20(10-8-19)33(2,3)4)26-27(44-31)30(40)36(29(26)39)22-13-15-23(16-14-22)37(42)43/h5-16,25-27H,17H2,1-4H3,(H,34,38)/t25-,26?,27?/m0/s1. The molecular formula is C33H30N4O6S2. The second-order valence-electron chi connectivity index (χ2n) is 12.2. The van der Waals surface area contributed by atoms with Crippen LogP contribution in [0.2, 0.25) is 0 Å². The number of anilines is 2. The fourth-order valence-corrected chi connectivity index (χ4v) is 8.54. The van der Waals surface area contributed by atoms with Crippen molar-refractivity contribution in [2.45, 2.75) is 55.8 Å². The van der Waals surface area contributed by atoms with E-state index in [2.05, 4.69) is 26.1 Å². The van der Waals surface area contributed by atoms with Crippen LogP contribution in [0.1, 0.15) is 48.3 Å². The van der Waals surface area contributed by atoms with E-state index in [1.54, 1.807) is 12.1 Å². The normalized spacial score (nSPS) is 19.3. The van der Waals surface area contributed by atoms with Gasteiger partial charge >= 0.3 is 4.87 Å². The van der Waals surface area contributed by atoms with E-state index in [0.717, 1.165) is 44.7 Å². The SMILES string of the molecule is Cc1ccc(NC(=O)Cn2c3c(sc2=O)[C@@H](c2ccc(C(C)(C)C)cc2)C2C(=O)N(c4ccc([N+](=O)[O-])cc4)C(=O)C2S3)cc1. The van der Waals surface area contributed by atoms with Gasteiger partial charge in [-0.15, -0.1) is 0 Å². The highest BCUT2D eigenvalue weighted by atomic mass is 32.2. The summed E-state index contributed by atoms with van der Waals surface area (Å²) in [6.45, 7) is 7.98. The van der Waals surface area contributed by atoms with E-state index in [9.17, 15) is 29.3 Å². The number of hydrogen-bond donors (Lipinski definition) is 1. The van der Waals surface area contributed by atoms with Crippen molar-refractivity contribution in [2.24, 2.45) is 5.92 Å². The molecule has 0 spiro atoms. The van der Waals surface area contributed by atoms with Crippen molar-refractivity contribution in [1.29, 1.82) is 0 Å². The summed E-state index contributed by atoms with van der Waals surface area (Å²) in [6, 6.07) is 20.5. The number of rotatable bonds is 6. The minimum absolute atomic E-state index is 0.112. The van der Waals surface area contributed by atoms with Gasteiger partial charge in [-0.05, 0) is 47.7 Å². The molecule has 0 saturated carbocycles. The number of fused-ring (bicyclic) bond motifs is 2. The van der Waals surface area contributed by atoms with Crippen molar-refractivity contribution >= 4 is 57.9 Å². The number of nitrogens with one attached hydrogen (secondary N) is 1. The maximum Gasteiger partial charge on any atom is 0.308 e. The number of amides is 3. The first-order chi connectivity index (χ1) is 21.3. The Labute approximate surface area is 267 Å². The molecule has 1 N–H and O–H groups in total. The molecule has 3 aromatic carbocycles. The fourth-order valence-electron chi connectivity index (χ4n) is 5.76. The fraction of sp³-hybridized carbons (Fsp3) is 0.273. The molecule has 1 fully saturated rings. The van der Waals surface area contributed by atoms with Gasteiger partial charge in [0.25, 0.3) is 5.69 Å². The summed E-state index contributed by atoms with van der Waals surface area (Å²) in [5.41, 5.74) is 3.49. The summed E-state index contributed by atoms with van der Waals surface area (Å²) in [5.74, 6) is -2.74. The predicted octanol–water partition coefficient (Wildman–Crippen LogP) is 5.86. The lowest BCUT2D eigenvalue weighted by atomic mass is 9.81. The van der Waals surface area contributed by atoms with E-state index >= 15 is 0 Å². The molecule has 0 aliphatic carbocycles. The number of carbonyl (C=O) groups is 3. The number of nitrogens with zero attached hydrogens (tertiary/aromatic N) is 3. The van der Waals surface area contributed by atoms with Gasteiger partial charge in [0.15, 0.2) is 0 Å². The van der Waals surface area contributed by atoms with E-state index in [-0.39, 0.29) is 28.2 Å². The zero-order valence-electron chi connectivity index (χ0n) is 25.0. The van der Waals surface area contributed by atoms with Crippen LogP contribution < -0.4 is 15.1 Å². The van der Waals surface area contributed by atoms with E-state index in [1.165, 1.54) is 28.8 Å². The smallest absolute Gasteiger partial charge is 0.308 e. The molecule has 1 aromatic heterocycles. The Balaban J connectivity index is 1.41. The molecule has 2 aliphatic rings. The van der Waals surface area contributed by atoms with Gasteiger partial charge in [0.2, 0.25) is 17.7 Å². The first-order valence-corrected chi connectivity index (χ1v) is 16.0. The number of aromatic nitrogens is 1. The van der Waals surface area contributed by atoms with Gasteiger partial charge in [-0.3, -0.25) is 33.9 Å². The van der Waals surface area contributed by atoms with Gasteiger partial charge in [-0.2, -0.15) is 0 Å². The number of imide groups is 1. The minimum Gasteiger partial charge on any atom is -0.325 e. The average Bonchev–Trinajstić information content (AvgIpc) is 3.44. The van der Waals surface area contributed by atoms with Crippen LogP contribution in [0.3, 0.4) is 0 Å². The second-order valence-corrected chi connectivity index (χ2v) is 14.4. The quantitative estimate of drug-likeness (QED) is 0.158. The first kappa shape index (κ1) is 30.5. The van der Waals surface area contributed by atoms with Crippen molar-refractivity contribution < 1.29 is 19.3 Å². The molecule has 3 amide bonds. The third-order valence-electron chi connectivity index (χ3n) is 8.14. The zero-order valence-corrected chi connectivity index (χ0v) is 26.6. The lowest BCUT2D eigenvalue weighted by Gasteiger charge is -2.31. The number of thioether (sulfide) groups is 1. The van der Waals surface area contributed by atoms with E-state index < -0.39 is 39.7 Å². The molecule has 45 heavy (non-hydrogen) atoms. The molecular weight excluding hydrogens is 613 g/mol. The lowest BCUT2D eigenvalue weighted by Crippen LogP contribution is -2.33. The van der Waals surface area contributed by atoms with E-state index in [4.69, 9.17) is 0 Å². The van der Waals surface area contributed by atoms with Crippen LogP contribution in [-0.4, -0.2) is 32.5 Å². The number of hydrogen-bond acceptors (Lipinski definition) is 8. The van der Waals surface area contributed by atoms with Crippen LogP contribution >= 0.6 is 23.1 Å². The molecule has 2 aliphatic heterocycles. The number of non-ortho nitro benzene ring substituents is 1.